The first-order chi connectivity index (χ1) is 4.46. The summed E-state index contributed by atoms with van der Waals surface area (Å²) in [4.78, 5) is 25.3. The van der Waals surface area contributed by atoms with E-state index in [0.717, 1.165) is 13.8 Å². The van der Waals surface area contributed by atoms with Crippen molar-refractivity contribution in [3.63, 3.8) is 0 Å². The Kier molecular flexibility index (Phi) is 46.6. The smallest absolute Gasteiger partial charge is 0.550 e. The molecule has 0 aliphatic heterocycles. The van der Waals surface area contributed by atoms with Crippen molar-refractivity contribution in [3.05, 3.63) is 0 Å². The second-order valence-corrected chi connectivity index (χ2v) is 0.983. The first-order valence-corrected chi connectivity index (χ1v) is 2.02. The van der Waals surface area contributed by atoms with Crippen molar-refractivity contribution in [2.45, 2.75) is 13.8 Å². The standard InChI is InChI=1S/2C2H4O2.CO.Pd/c2*1-2(3)4;1-2;/h2*1H3,(H,3,4);;/q;;;+2/p-2. The molecule has 0 N–H and O–H groups in total. The van der Waals surface area contributed by atoms with Crippen LogP contribution in [0.25, 0.3) is 0 Å². The molecule has 0 bridgehead atoms. The number of carboxylic acid groups (broad SMARTS) is 2. The molecule has 0 aliphatic carbocycles. The van der Waals surface area contributed by atoms with Gasteiger partial charge in [0.05, 0.1) is 0 Å². The molecule has 0 amide bonds. The van der Waals surface area contributed by atoms with E-state index in [0.29, 0.717) is 0 Å². The topological polar surface area (TPSA) is 97.3 Å². The summed E-state index contributed by atoms with van der Waals surface area (Å²) in [6.07, 6.45) is 0. The Labute approximate surface area is 78.1 Å². The summed E-state index contributed by atoms with van der Waals surface area (Å²) in [6.45, 7) is 6.44. The number of aliphatic carboxylic acids is 2. The molecule has 0 spiro atoms. The SMILES string of the molecule is CC(=O)[O-].CC(=O)[O-].[C]=O.[Pd+2]. The third kappa shape index (κ3) is 926. The zero-order chi connectivity index (χ0) is 9.15. The summed E-state index contributed by atoms with van der Waals surface area (Å²) in [5.41, 5.74) is 0. The van der Waals surface area contributed by atoms with Crippen molar-refractivity contribution in [1.82, 2.24) is 0 Å². The van der Waals surface area contributed by atoms with Crippen LogP contribution < -0.4 is 10.2 Å². The second kappa shape index (κ2) is 22.8. The normalized spacial score (nSPS) is 4.91. The molecule has 0 aromatic heterocycles. The molecule has 0 aromatic carbocycles. The largest absolute Gasteiger partial charge is 2.00 e. The van der Waals surface area contributed by atoms with Crippen LogP contribution in [0.5, 0.6) is 0 Å². The van der Waals surface area contributed by atoms with Crippen LogP contribution >= 0.6 is 0 Å². The van der Waals surface area contributed by atoms with Gasteiger partial charge in [0.25, 0.3) is 6.79 Å². The summed E-state index contributed by atoms with van der Waals surface area (Å²) in [5.74, 6) is -2.17. The van der Waals surface area contributed by atoms with Crippen LogP contribution in [0.2, 0.25) is 0 Å². The Bertz CT molecular complexity index is 83.0. The number of carbonyl (C=O) groups excluding carboxylic acids is 3. The van der Waals surface area contributed by atoms with E-state index in [1.807, 2.05) is 0 Å². The molecule has 0 heterocycles. The number of carboxylic acids is 2. The Hall–Kier alpha value is -0.728. The van der Waals surface area contributed by atoms with Crippen molar-refractivity contribution in [2.75, 3.05) is 0 Å². The molecule has 66 valence electrons. The fourth-order valence-corrected chi connectivity index (χ4v) is 0. The summed E-state index contributed by atoms with van der Waals surface area (Å²) in [5, 5.41) is 17.8. The molecule has 0 aromatic rings. The van der Waals surface area contributed by atoms with Gasteiger partial charge in [-0.2, -0.15) is 0 Å². The van der Waals surface area contributed by atoms with Crippen LogP contribution in [0, 0.1) is 0 Å². The first kappa shape index (κ1) is 22.4. The van der Waals surface area contributed by atoms with Crippen molar-refractivity contribution in [3.8, 4) is 0 Å². The number of hydrogen-bond donors (Lipinski definition) is 0. The van der Waals surface area contributed by atoms with Gasteiger partial charge in [0, 0.05) is 11.9 Å². The Morgan fingerprint density at radius 2 is 1.00 bits per heavy atom. The predicted molar refractivity (Wildman–Crippen MR) is 27.1 cm³/mol. The minimum absolute atomic E-state index is 0. The summed E-state index contributed by atoms with van der Waals surface area (Å²) < 4.78 is 0. The molecule has 0 unspecified atom stereocenters. The monoisotopic (exact) mass is 252 g/mol. The van der Waals surface area contributed by atoms with Gasteiger partial charge in [0.15, 0.2) is 0 Å². The van der Waals surface area contributed by atoms with Crippen LogP contribution in [-0.4, -0.2) is 18.7 Å². The fourth-order valence-electron chi connectivity index (χ4n) is 0. The maximum absolute atomic E-state index is 8.89. The summed E-state index contributed by atoms with van der Waals surface area (Å²) in [7, 11) is 0. The second-order valence-electron chi connectivity index (χ2n) is 0.983. The molecule has 0 saturated heterocycles. The average Bonchev–Trinajstić information content (AvgIpc) is 1.66. The molecule has 5 nitrogen and oxygen atoms in total. The molecule has 2 radical (unpaired) electrons. The van der Waals surface area contributed by atoms with E-state index in [1.54, 1.807) is 0 Å². The van der Waals surface area contributed by atoms with Gasteiger partial charge in [0.2, 0.25) is 0 Å². The minimum atomic E-state index is -1.08. The van der Waals surface area contributed by atoms with Gasteiger partial charge in [-0.15, -0.1) is 0 Å². The number of hydrogen-bond acceptors (Lipinski definition) is 5. The van der Waals surface area contributed by atoms with Crippen LogP contribution in [0.1, 0.15) is 13.8 Å². The molecule has 6 heteroatoms. The first-order valence-electron chi connectivity index (χ1n) is 2.02. The summed E-state index contributed by atoms with van der Waals surface area (Å²) >= 11 is 0. The van der Waals surface area contributed by atoms with Crippen LogP contribution in [0.3, 0.4) is 0 Å². The van der Waals surface area contributed by atoms with E-state index < -0.39 is 11.9 Å². The van der Waals surface area contributed by atoms with Crippen LogP contribution in [0.15, 0.2) is 0 Å². The van der Waals surface area contributed by atoms with E-state index in [4.69, 9.17) is 24.6 Å². The van der Waals surface area contributed by atoms with Crippen molar-refractivity contribution >= 4 is 18.7 Å². The molecular weight excluding hydrogens is 246 g/mol. The molecule has 0 rings (SSSR count). The molecular formula is C5H6O5Pd. The maximum atomic E-state index is 8.89. The van der Waals surface area contributed by atoms with Crippen LogP contribution in [0.4, 0.5) is 0 Å². The zero-order valence-electron chi connectivity index (χ0n) is 5.86. The van der Waals surface area contributed by atoms with Gasteiger partial charge in [0.1, 0.15) is 0 Å². The number of carbonyl (C=O) groups is 2. The quantitative estimate of drug-likeness (QED) is 0.431. The maximum Gasteiger partial charge on any atom is 2.00 e. The van der Waals surface area contributed by atoms with Gasteiger partial charge in [-0.3, -0.25) is 4.79 Å². The van der Waals surface area contributed by atoms with Gasteiger partial charge < -0.3 is 19.8 Å². The van der Waals surface area contributed by atoms with Crippen LogP contribution in [-0.2, 0) is 34.8 Å². The van der Waals surface area contributed by atoms with Crippen molar-refractivity contribution in [2.24, 2.45) is 0 Å². The minimum Gasteiger partial charge on any atom is -0.550 e. The molecule has 0 fully saturated rings. The Morgan fingerprint density at radius 3 is 1.00 bits per heavy atom. The van der Waals surface area contributed by atoms with Crippen molar-refractivity contribution < 1.29 is 45.0 Å². The number of rotatable bonds is 0. The molecule has 0 aliphatic rings. The van der Waals surface area contributed by atoms with Gasteiger partial charge in [-0.05, 0) is 13.8 Å². The van der Waals surface area contributed by atoms with E-state index in [9.17, 15) is 0 Å². The van der Waals surface area contributed by atoms with Gasteiger partial charge >= 0.3 is 20.4 Å². The van der Waals surface area contributed by atoms with Gasteiger partial charge in [-0.1, -0.05) is 0 Å². The van der Waals surface area contributed by atoms with E-state index >= 15 is 0 Å². The van der Waals surface area contributed by atoms with E-state index in [2.05, 4.69) is 6.79 Å². The molecule has 11 heavy (non-hydrogen) atoms. The Balaban J connectivity index is -0.0000000339. The van der Waals surface area contributed by atoms with Gasteiger partial charge in [-0.25, -0.2) is 0 Å². The molecule has 0 saturated carbocycles. The average molecular weight is 253 g/mol. The predicted octanol–water partition coefficient (Wildman–Crippen LogP) is -2.89. The fraction of sp³-hybridized carbons (Fsp3) is 0.400. The van der Waals surface area contributed by atoms with Crippen molar-refractivity contribution in [1.29, 1.82) is 0 Å². The molecule has 0 atom stereocenters. The van der Waals surface area contributed by atoms with E-state index in [-0.39, 0.29) is 20.4 Å². The zero-order valence-corrected chi connectivity index (χ0v) is 7.41. The summed E-state index contributed by atoms with van der Waals surface area (Å²) in [6, 6.07) is 0. The van der Waals surface area contributed by atoms with E-state index in [1.165, 1.54) is 0 Å². The third-order valence-electron chi connectivity index (χ3n) is 0. The Morgan fingerprint density at radius 1 is 1.00 bits per heavy atom. The third-order valence-corrected chi connectivity index (χ3v) is 0.